The van der Waals surface area contributed by atoms with Crippen LogP contribution in [0.4, 0.5) is 20.2 Å². The number of benzene rings is 3. The number of halogens is 2. The minimum Gasteiger partial charge on any atom is -0.492 e. The van der Waals surface area contributed by atoms with Crippen molar-refractivity contribution in [3.05, 3.63) is 143 Å². The van der Waals surface area contributed by atoms with Crippen molar-refractivity contribution in [3.8, 4) is 0 Å². The molecular formula is C36H32F2N4O2. The summed E-state index contributed by atoms with van der Waals surface area (Å²) in [5, 5.41) is 6.88. The summed E-state index contributed by atoms with van der Waals surface area (Å²) in [6, 6.07) is 16.7. The number of carbonyl (C=O) groups is 1. The summed E-state index contributed by atoms with van der Waals surface area (Å²) in [4.78, 5) is 19.9. The van der Waals surface area contributed by atoms with Crippen molar-refractivity contribution in [2.24, 2.45) is 0 Å². The molecule has 2 N–H and O–H groups in total. The molecule has 0 unspecified atom stereocenters. The Balaban J connectivity index is 1.25. The maximum Gasteiger partial charge on any atom is 0.261 e. The Morgan fingerprint density at radius 1 is 1.05 bits per heavy atom. The quantitative estimate of drug-likeness (QED) is 0.224. The van der Waals surface area contributed by atoms with Crippen molar-refractivity contribution in [2.75, 3.05) is 23.9 Å². The molecule has 0 radical (unpaired) electrons. The Kier molecular flexibility index (Phi) is 7.74. The van der Waals surface area contributed by atoms with E-state index >= 15 is 4.39 Å². The SMILES string of the molecule is C=C(NC)c1cc2c(Cc3ccc(NC(=O)C4=C5OCCC5=CN(c5ccc(F)cc5)C4=C)cc3F)ccnc2cc1CC. The van der Waals surface area contributed by atoms with Crippen LogP contribution < -0.4 is 15.5 Å². The van der Waals surface area contributed by atoms with Crippen LogP contribution >= 0.6 is 0 Å². The van der Waals surface area contributed by atoms with E-state index in [1.165, 1.54) is 18.2 Å². The molecule has 1 saturated heterocycles. The molecule has 0 saturated carbocycles. The molecule has 3 heterocycles. The number of hydrogen-bond acceptors (Lipinski definition) is 5. The Morgan fingerprint density at radius 2 is 1.84 bits per heavy atom. The number of carbonyl (C=O) groups excluding carboxylic acids is 1. The average Bonchev–Trinajstić information content (AvgIpc) is 3.49. The Hall–Kier alpha value is -5.24. The highest BCUT2D eigenvalue weighted by Gasteiger charge is 2.33. The number of nitrogens with one attached hydrogen (secondary N) is 2. The predicted molar refractivity (Wildman–Crippen MR) is 171 cm³/mol. The van der Waals surface area contributed by atoms with Gasteiger partial charge in [0, 0.05) is 65.9 Å². The van der Waals surface area contributed by atoms with Gasteiger partial charge in [0.05, 0.1) is 17.8 Å². The molecule has 1 amide bonds. The highest BCUT2D eigenvalue weighted by molar-refractivity contribution is 6.09. The summed E-state index contributed by atoms with van der Waals surface area (Å²) in [6.07, 6.45) is 5.39. The molecule has 3 aromatic carbocycles. The lowest BCUT2D eigenvalue weighted by Gasteiger charge is -2.29. The lowest BCUT2D eigenvalue weighted by molar-refractivity contribution is -0.112. The molecule has 1 fully saturated rings. The first-order valence-electron chi connectivity index (χ1n) is 14.5. The van der Waals surface area contributed by atoms with Crippen LogP contribution in [0.15, 0.2) is 109 Å². The van der Waals surface area contributed by atoms with E-state index < -0.39 is 11.7 Å². The highest BCUT2D eigenvalue weighted by atomic mass is 19.1. The first kappa shape index (κ1) is 28.9. The summed E-state index contributed by atoms with van der Waals surface area (Å²) in [7, 11) is 1.84. The zero-order chi connectivity index (χ0) is 31.0. The van der Waals surface area contributed by atoms with E-state index in [4.69, 9.17) is 4.74 Å². The number of amides is 1. The fraction of sp³-hybridized carbons (Fsp3) is 0.167. The standard InChI is InChI=1S/C36H32F2N4O2/c1-5-23-17-33-31(19-30(23)21(2)39-4)24(12-14-40-33)16-25-6-9-28(18-32(25)38)41-36(43)34-22(3)42(20-26-13-15-44-35(26)34)29-10-7-27(37)8-11-29/h6-12,14,17-20,39H,2-3,5,13,15-16H2,1,4H3,(H,41,43). The summed E-state index contributed by atoms with van der Waals surface area (Å²) in [5.41, 5.74) is 7.65. The molecule has 0 bridgehead atoms. The number of ether oxygens (including phenoxy) is 1. The van der Waals surface area contributed by atoms with Gasteiger partial charge in [0.15, 0.2) is 0 Å². The van der Waals surface area contributed by atoms with Crippen LogP contribution in [0.2, 0.25) is 0 Å². The highest BCUT2D eigenvalue weighted by Crippen LogP contribution is 2.39. The van der Waals surface area contributed by atoms with Gasteiger partial charge in [-0.2, -0.15) is 0 Å². The lowest BCUT2D eigenvalue weighted by atomic mass is 9.95. The Labute approximate surface area is 255 Å². The molecule has 1 aromatic heterocycles. The molecule has 222 valence electrons. The smallest absolute Gasteiger partial charge is 0.261 e. The number of fused-ring (bicyclic) bond motifs is 2. The van der Waals surface area contributed by atoms with E-state index in [9.17, 15) is 9.18 Å². The van der Waals surface area contributed by atoms with E-state index in [-0.39, 0.29) is 11.4 Å². The first-order chi connectivity index (χ1) is 21.3. The van der Waals surface area contributed by atoms with Crippen molar-refractivity contribution in [1.29, 1.82) is 0 Å². The second-order valence-corrected chi connectivity index (χ2v) is 10.8. The van der Waals surface area contributed by atoms with Gasteiger partial charge >= 0.3 is 0 Å². The van der Waals surface area contributed by atoms with Crippen molar-refractivity contribution < 1.29 is 18.3 Å². The maximum absolute atomic E-state index is 15.5. The van der Waals surface area contributed by atoms with E-state index in [1.807, 2.05) is 19.3 Å². The third-order valence-corrected chi connectivity index (χ3v) is 8.09. The summed E-state index contributed by atoms with van der Waals surface area (Å²) >= 11 is 0. The molecule has 44 heavy (non-hydrogen) atoms. The van der Waals surface area contributed by atoms with Crippen LogP contribution in [0.1, 0.15) is 35.6 Å². The second kappa shape index (κ2) is 11.8. The Bertz CT molecular complexity index is 1890. The van der Waals surface area contributed by atoms with Gasteiger partial charge in [-0.25, -0.2) is 8.78 Å². The molecule has 0 spiro atoms. The number of aryl methyl sites for hydroxylation is 1. The molecule has 0 atom stereocenters. The van der Waals surface area contributed by atoms with E-state index in [0.717, 1.165) is 45.3 Å². The molecule has 2 aliphatic heterocycles. The predicted octanol–water partition coefficient (Wildman–Crippen LogP) is 7.39. The lowest BCUT2D eigenvalue weighted by Crippen LogP contribution is -2.28. The van der Waals surface area contributed by atoms with Gasteiger partial charge in [0.25, 0.3) is 5.91 Å². The second-order valence-electron chi connectivity index (χ2n) is 10.8. The molecule has 2 aliphatic rings. The molecule has 6 nitrogen and oxygen atoms in total. The fourth-order valence-electron chi connectivity index (χ4n) is 5.70. The molecule has 4 aromatic rings. The van der Waals surface area contributed by atoms with Gasteiger partial charge in [-0.3, -0.25) is 9.78 Å². The van der Waals surface area contributed by atoms with Crippen molar-refractivity contribution >= 4 is 33.9 Å². The minimum absolute atomic E-state index is 0.252. The molecule has 0 aliphatic carbocycles. The number of pyridine rings is 1. The number of nitrogens with zero attached hydrogens (tertiary/aromatic N) is 2. The summed E-state index contributed by atoms with van der Waals surface area (Å²) in [5.74, 6) is -0.816. The van der Waals surface area contributed by atoms with E-state index in [1.54, 1.807) is 35.4 Å². The number of anilines is 2. The van der Waals surface area contributed by atoms with Crippen LogP contribution in [-0.4, -0.2) is 24.5 Å². The number of allylic oxidation sites excluding steroid dienone is 1. The Morgan fingerprint density at radius 3 is 2.57 bits per heavy atom. The van der Waals surface area contributed by atoms with Crippen molar-refractivity contribution in [2.45, 2.75) is 26.2 Å². The molecule has 6 rings (SSSR count). The summed E-state index contributed by atoms with van der Waals surface area (Å²) in [6.45, 7) is 10.8. The van der Waals surface area contributed by atoms with Crippen LogP contribution in [0, 0.1) is 11.6 Å². The third-order valence-electron chi connectivity index (χ3n) is 8.09. The number of aromatic nitrogens is 1. The van der Waals surface area contributed by atoms with Gasteiger partial charge in [-0.15, -0.1) is 0 Å². The van der Waals surface area contributed by atoms with Crippen LogP contribution in [-0.2, 0) is 22.4 Å². The minimum atomic E-state index is -0.471. The van der Waals surface area contributed by atoms with Gasteiger partial charge in [-0.1, -0.05) is 26.1 Å². The van der Waals surface area contributed by atoms with Gasteiger partial charge in [0.1, 0.15) is 23.0 Å². The van der Waals surface area contributed by atoms with Gasteiger partial charge < -0.3 is 20.3 Å². The zero-order valence-corrected chi connectivity index (χ0v) is 24.6. The van der Waals surface area contributed by atoms with Crippen LogP contribution in [0.25, 0.3) is 16.6 Å². The topological polar surface area (TPSA) is 66.5 Å². The normalized spacial score (nSPS) is 14.3. The van der Waals surface area contributed by atoms with Gasteiger partial charge in [-0.05, 0) is 77.7 Å². The number of hydrogen-bond donors (Lipinski definition) is 2. The van der Waals surface area contributed by atoms with E-state index in [2.05, 4.69) is 47.8 Å². The maximum atomic E-state index is 15.5. The average molecular weight is 591 g/mol. The van der Waals surface area contributed by atoms with Crippen molar-refractivity contribution in [3.63, 3.8) is 0 Å². The van der Waals surface area contributed by atoms with Crippen molar-refractivity contribution in [1.82, 2.24) is 10.3 Å². The van der Waals surface area contributed by atoms with Gasteiger partial charge in [0.2, 0.25) is 0 Å². The fourth-order valence-corrected chi connectivity index (χ4v) is 5.70. The largest absolute Gasteiger partial charge is 0.492 e. The number of rotatable bonds is 8. The monoisotopic (exact) mass is 590 g/mol. The zero-order valence-electron chi connectivity index (χ0n) is 24.6. The summed E-state index contributed by atoms with van der Waals surface area (Å²) < 4.78 is 34.9. The van der Waals surface area contributed by atoms with E-state index in [0.29, 0.717) is 47.8 Å². The van der Waals surface area contributed by atoms with Crippen LogP contribution in [0.3, 0.4) is 0 Å². The van der Waals surface area contributed by atoms with Crippen LogP contribution in [0.5, 0.6) is 0 Å². The third kappa shape index (κ3) is 5.35. The molecular weight excluding hydrogens is 558 g/mol. The molecule has 8 heteroatoms. The first-order valence-corrected chi connectivity index (χ1v) is 14.5.